The number of fused-ring (bicyclic) bond motifs is 1. The SMILES string of the molecule is CCOc1ccccc1-c1[nH]c2c(C)c(Cl)ccc2c1CC(=O)O. The normalized spacial score (nSPS) is 11.0. The van der Waals surface area contributed by atoms with Crippen LogP contribution in [0.1, 0.15) is 18.1 Å². The number of aromatic amines is 1. The Morgan fingerprint density at radius 2 is 2.00 bits per heavy atom. The number of benzene rings is 2. The second-order valence-corrected chi connectivity index (χ2v) is 5.98. The predicted octanol–water partition coefficient (Wildman–Crippen LogP) is 4.82. The number of halogens is 1. The summed E-state index contributed by atoms with van der Waals surface area (Å²) >= 11 is 6.22. The highest BCUT2D eigenvalue weighted by Crippen LogP contribution is 2.38. The molecule has 0 aliphatic carbocycles. The third kappa shape index (κ3) is 2.85. The average molecular weight is 344 g/mol. The van der Waals surface area contributed by atoms with Crippen molar-refractivity contribution in [3.05, 3.63) is 52.5 Å². The van der Waals surface area contributed by atoms with E-state index in [1.54, 1.807) is 6.07 Å². The molecule has 0 unspecified atom stereocenters. The number of H-pyrrole nitrogens is 1. The lowest BCUT2D eigenvalue weighted by Crippen LogP contribution is -2.02. The minimum Gasteiger partial charge on any atom is -0.493 e. The fourth-order valence-electron chi connectivity index (χ4n) is 2.95. The van der Waals surface area contributed by atoms with E-state index in [1.165, 1.54) is 0 Å². The molecule has 0 saturated heterocycles. The second-order valence-electron chi connectivity index (χ2n) is 5.57. The molecular formula is C19H18ClNO3. The topological polar surface area (TPSA) is 62.3 Å². The van der Waals surface area contributed by atoms with E-state index in [-0.39, 0.29) is 6.42 Å². The van der Waals surface area contributed by atoms with Crippen LogP contribution < -0.4 is 4.74 Å². The Bertz CT molecular complexity index is 914. The van der Waals surface area contributed by atoms with Crippen molar-refractivity contribution < 1.29 is 14.6 Å². The number of aliphatic carboxylic acids is 1. The maximum atomic E-state index is 11.4. The Morgan fingerprint density at radius 1 is 1.25 bits per heavy atom. The minimum atomic E-state index is -0.876. The molecule has 0 amide bonds. The lowest BCUT2D eigenvalue weighted by molar-refractivity contribution is -0.136. The number of rotatable bonds is 5. The quantitative estimate of drug-likeness (QED) is 0.698. The number of hydrogen-bond acceptors (Lipinski definition) is 2. The fraction of sp³-hybridized carbons (Fsp3) is 0.211. The van der Waals surface area contributed by atoms with E-state index in [2.05, 4.69) is 4.98 Å². The summed E-state index contributed by atoms with van der Waals surface area (Å²) in [4.78, 5) is 14.8. The zero-order valence-corrected chi connectivity index (χ0v) is 14.3. The summed E-state index contributed by atoms with van der Waals surface area (Å²) < 4.78 is 5.71. The van der Waals surface area contributed by atoms with Crippen LogP contribution in [0.3, 0.4) is 0 Å². The second kappa shape index (κ2) is 6.57. The van der Waals surface area contributed by atoms with Crippen molar-refractivity contribution in [1.29, 1.82) is 0 Å². The maximum Gasteiger partial charge on any atom is 0.307 e. The number of aryl methyl sites for hydroxylation is 1. The monoisotopic (exact) mass is 343 g/mol. The van der Waals surface area contributed by atoms with Gasteiger partial charge in [0.05, 0.1) is 24.2 Å². The standard InChI is InChI=1S/C19H18ClNO3/c1-3-24-16-7-5-4-6-13(16)19-14(10-17(22)23)12-8-9-15(20)11(2)18(12)21-19/h4-9,21H,3,10H2,1-2H3,(H,22,23). The highest BCUT2D eigenvalue weighted by atomic mass is 35.5. The van der Waals surface area contributed by atoms with Crippen molar-refractivity contribution in [2.75, 3.05) is 6.61 Å². The van der Waals surface area contributed by atoms with Gasteiger partial charge in [-0.05, 0) is 43.2 Å². The zero-order chi connectivity index (χ0) is 17.3. The Balaban J connectivity index is 2.31. The van der Waals surface area contributed by atoms with Gasteiger partial charge in [-0.3, -0.25) is 4.79 Å². The molecule has 5 heteroatoms. The van der Waals surface area contributed by atoms with Crippen LogP contribution in [0.2, 0.25) is 5.02 Å². The lowest BCUT2D eigenvalue weighted by atomic mass is 10.0. The van der Waals surface area contributed by atoms with Crippen LogP contribution in [0.4, 0.5) is 0 Å². The first kappa shape index (κ1) is 16.4. The number of nitrogens with one attached hydrogen (secondary N) is 1. The fourth-order valence-corrected chi connectivity index (χ4v) is 3.11. The molecule has 2 aromatic carbocycles. The molecule has 0 atom stereocenters. The molecule has 4 nitrogen and oxygen atoms in total. The maximum absolute atomic E-state index is 11.4. The third-order valence-electron chi connectivity index (χ3n) is 4.06. The summed E-state index contributed by atoms with van der Waals surface area (Å²) in [5.74, 6) is -0.152. The molecule has 0 fully saturated rings. The molecule has 0 saturated carbocycles. The summed E-state index contributed by atoms with van der Waals surface area (Å²) in [7, 11) is 0. The number of aromatic nitrogens is 1. The Morgan fingerprint density at radius 3 is 2.71 bits per heavy atom. The molecule has 0 aliphatic rings. The van der Waals surface area contributed by atoms with Crippen LogP contribution >= 0.6 is 11.6 Å². The first-order valence-corrected chi connectivity index (χ1v) is 8.14. The van der Waals surface area contributed by atoms with Crippen molar-refractivity contribution in [3.8, 4) is 17.0 Å². The van der Waals surface area contributed by atoms with Gasteiger partial charge in [-0.1, -0.05) is 29.8 Å². The predicted molar refractivity (Wildman–Crippen MR) is 96.0 cm³/mol. The van der Waals surface area contributed by atoms with Crippen LogP contribution in [0, 0.1) is 6.92 Å². The van der Waals surface area contributed by atoms with Crippen LogP contribution in [-0.2, 0) is 11.2 Å². The van der Waals surface area contributed by atoms with E-state index in [4.69, 9.17) is 16.3 Å². The molecule has 24 heavy (non-hydrogen) atoms. The number of carboxylic acid groups (broad SMARTS) is 1. The summed E-state index contributed by atoms with van der Waals surface area (Å²) in [6.07, 6.45) is -0.0726. The summed E-state index contributed by atoms with van der Waals surface area (Å²) in [5, 5.41) is 10.9. The molecule has 1 aromatic heterocycles. The van der Waals surface area contributed by atoms with Crippen molar-refractivity contribution in [2.24, 2.45) is 0 Å². The largest absolute Gasteiger partial charge is 0.493 e. The molecule has 3 aromatic rings. The van der Waals surface area contributed by atoms with E-state index in [0.717, 1.165) is 39.0 Å². The van der Waals surface area contributed by atoms with E-state index < -0.39 is 5.97 Å². The van der Waals surface area contributed by atoms with Gasteiger partial charge >= 0.3 is 5.97 Å². The molecule has 124 valence electrons. The first-order valence-electron chi connectivity index (χ1n) is 7.76. The van der Waals surface area contributed by atoms with Crippen LogP contribution in [0.5, 0.6) is 5.75 Å². The summed E-state index contributed by atoms with van der Waals surface area (Å²) in [6.45, 7) is 4.38. The Labute approximate surface area is 145 Å². The van der Waals surface area contributed by atoms with E-state index in [1.807, 2.05) is 44.2 Å². The number of ether oxygens (including phenoxy) is 1. The van der Waals surface area contributed by atoms with Crippen molar-refractivity contribution >= 4 is 28.5 Å². The van der Waals surface area contributed by atoms with Gasteiger partial charge in [0.1, 0.15) is 5.75 Å². The van der Waals surface area contributed by atoms with Crippen LogP contribution in [-0.4, -0.2) is 22.7 Å². The van der Waals surface area contributed by atoms with E-state index in [9.17, 15) is 9.90 Å². The van der Waals surface area contributed by atoms with Crippen molar-refractivity contribution in [2.45, 2.75) is 20.3 Å². The molecule has 3 rings (SSSR count). The first-order chi connectivity index (χ1) is 11.5. The van der Waals surface area contributed by atoms with Gasteiger partial charge < -0.3 is 14.8 Å². The van der Waals surface area contributed by atoms with Crippen molar-refractivity contribution in [1.82, 2.24) is 4.98 Å². The number of carbonyl (C=O) groups is 1. The molecule has 1 heterocycles. The van der Waals surface area contributed by atoms with Gasteiger partial charge in [0.25, 0.3) is 0 Å². The molecule has 2 N–H and O–H groups in total. The molecular weight excluding hydrogens is 326 g/mol. The smallest absolute Gasteiger partial charge is 0.307 e. The average Bonchev–Trinajstić information content (AvgIpc) is 2.90. The number of hydrogen-bond donors (Lipinski definition) is 2. The number of carboxylic acids is 1. The minimum absolute atomic E-state index is 0.0726. The Kier molecular flexibility index (Phi) is 4.49. The summed E-state index contributed by atoms with van der Waals surface area (Å²) in [5.41, 5.74) is 4.12. The van der Waals surface area contributed by atoms with Gasteiger partial charge in [0.2, 0.25) is 0 Å². The lowest BCUT2D eigenvalue weighted by Gasteiger charge is -2.10. The third-order valence-corrected chi connectivity index (χ3v) is 4.47. The summed E-state index contributed by atoms with van der Waals surface area (Å²) in [6, 6.07) is 11.3. The zero-order valence-electron chi connectivity index (χ0n) is 13.5. The molecule has 0 radical (unpaired) electrons. The molecule has 0 aliphatic heterocycles. The van der Waals surface area contributed by atoms with E-state index in [0.29, 0.717) is 11.6 Å². The van der Waals surface area contributed by atoms with Gasteiger partial charge in [-0.2, -0.15) is 0 Å². The van der Waals surface area contributed by atoms with Gasteiger partial charge in [0, 0.05) is 16.0 Å². The van der Waals surface area contributed by atoms with Gasteiger partial charge in [0.15, 0.2) is 0 Å². The Hall–Kier alpha value is -2.46. The van der Waals surface area contributed by atoms with Crippen LogP contribution in [0.15, 0.2) is 36.4 Å². The van der Waals surface area contributed by atoms with Gasteiger partial charge in [-0.15, -0.1) is 0 Å². The van der Waals surface area contributed by atoms with E-state index >= 15 is 0 Å². The van der Waals surface area contributed by atoms with Crippen molar-refractivity contribution in [3.63, 3.8) is 0 Å². The number of para-hydroxylation sites is 1. The molecule has 0 spiro atoms. The highest BCUT2D eigenvalue weighted by molar-refractivity contribution is 6.32. The highest BCUT2D eigenvalue weighted by Gasteiger charge is 2.20. The van der Waals surface area contributed by atoms with Crippen LogP contribution in [0.25, 0.3) is 22.2 Å². The van der Waals surface area contributed by atoms with Gasteiger partial charge in [-0.25, -0.2) is 0 Å². The molecule has 0 bridgehead atoms.